The van der Waals surface area contributed by atoms with Gasteiger partial charge in [-0.3, -0.25) is 4.90 Å². The van der Waals surface area contributed by atoms with Crippen LogP contribution in [0.1, 0.15) is 44.9 Å². The van der Waals surface area contributed by atoms with Gasteiger partial charge in [0.25, 0.3) is 0 Å². The Labute approximate surface area is 127 Å². The van der Waals surface area contributed by atoms with Crippen molar-refractivity contribution in [1.29, 1.82) is 0 Å². The van der Waals surface area contributed by atoms with Crippen molar-refractivity contribution in [2.45, 2.75) is 56.1 Å². The molecule has 0 spiro atoms. The molecule has 1 heterocycles. The largest absolute Gasteiger partial charge is 0.396 e. The molecule has 21 heavy (non-hydrogen) atoms. The molecule has 0 aromatic rings. The minimum absolute atomic E-state index is 0.192. The van der Waals surface area contributed by atoms with Crippen molar-refractivity contribution in [3.8, 4) is 0 Å². The smallest absolute Gasteiger partial charge is 0.132 e. The summed E-state index contributed by atoms with van der Waals surface area (Å²) in [6.45, 7) is 0.308. The number of rotatable bonds is 11. The third kappa shape index (κ3) is 5.16. The summed E-state index contributed by atoms with van der Waals surface area (Å²) in [4.78, 5) is 1.90. The fourth-order valence-corrected chi connectivity index (χ4v) is 2.97. The average Bonchev–Trinajstić information content (AvgIpc) is 2.74. The number of β-amino-alcohol motifs (C(OH)–C–C–N with tert-alkyl or cyclic N) is 2. The first kappa shape index (κ1) is 18.8. The number of nitrogens with zero attached hydrogens (tertiary/aromatic N) is 1. The summed E-state index contributed by atoms with van der Waals surface area (Å²) in [5, 5.41) is 47.6. The SMILES string of the molecule is OCCCCCCCCCN1CC(O)(CO)C(O)(CO)C1. The summed E-state index contributed by atoms with van der Waals surface area (Å²) >= 11 is 0. The minimum Gasteiger partial charge on any atom is -0.396 e. The fraction of sp³-hybridized carbons (Fsp3) is 1.00. The molecule has 0 amide bonds. The van der Waals surface area contributed by atoms with E-state index in [1.807, 2.05) is 4.90 Å². The normalized spacial score (nSPS) is 30.1. The molecule has 0 aromatic carbocycles. The Bertz CT molecular complexity index is 273. The third-order valence-corrected chi connectivity index (χ3v) is 4.49. The van der Waals surface area contributed by atoms with Crippen LogP contribution in [0.4, 0.5) is 0 Å². The van der Waals surface area contributed by atoms with Crippen molar-refractivity contribution in [2.24, 2.45) is 0 Å². The van der Waals surface area contributed by atoms with E-state index in [9.17, 15) is 20.4 Å². The molecule has 0 radical (unpaired) electrons. The molecule has 0 aliphatic carbocycles. The Morgan fingerprint density at radius 2 is 1.10 bits per heavy atom. The van der Waals surface area contributed by atoms with E-state index >= 15 is 0 Å². The Kier molecular flexibility index (Phi) is 8.08. The highest BCUT2D eigenvalue weighted by Crippen LogP contribution is 2.31. The van der Waals surface area contributed by atoms with Gasteiger partial charge in [0.05, 0.1) is 13.2 Å². The molecule has 1 fully saturated rings. The van der Waals surface area contributed by atoms with Crippen LogP contribution in [0, 0.1) is 0 Å². The van der Waals surface area contributed by atoms with E-state index in [2.05, 4.69) is 0 Å². The number of likely N-dealkylation sites (tertiary alicyclic amines) is 1. The van der Waals surface area contributed by atoms with Crippen LogP contribution in [0.15, 0.2) is 0 Å². The molecule has 0 saturated carbocycles. The predicted octanol–water partition coefficient (Wildman–Crippen LogP) is -0.528. The monoisotopic (exact) mass is 305 g/mol. The zero-order valence-electron chi connectivity index (χ0n) is 12.9. The van der Waals surface area contributed by atoms with Gasteiger partial charge in [0.2, 0.25) is 0 Å². The second kappa shape index (κ2) is 9.02. The number of aliphatic hydroxyl groups excluding tert-OH is 3. The van der Waals surface area contributed by atoms with Crippen molar-refractivity contribution in [3.05, 3.63) is 0 Å². The molecule has 1 aliphatic rings. The quantitative estimate of drug-likeness (QED) is 0.329. The van der Waals surface area contributed by atoms with Gasteiger partial charge in [0, 0.05) is 19.7 Å². The summed E-state index contributed by atoms with van der Waals surface area (Å²) in [6, 6.07) is 0. The lowest BCUT2D eigenvalue weighted by Gasteiger charge is -2.33. The zero-order valence-corrected chi connectivity index (χ0v) is 12.9. The van der Waals surface area contributed by atoms with Crippen LogP contribution in [0.3, 0.4) is 0 Å². The van der Waals surface area contributed by atoms with E-state index in [0.717, 1.165) is 45.1 Å². The molecular weight excluding hydrogens is 274 g/mol. The van der Waals surface area contributed by atoms with Gasteiger partial charge in [0.1, 0.15) is 11.2 Å². The fourth-order valence-electron chi connectivity index (χ4n) is 2.97. The lowest BCUT2D eigenvalue weighted by molar-refractivity contribution is -0.158. The van der Waals surface area contributed by atoms with E-state index in [1.54, 1.807) is 0 Å². The molecule has 6 nitrogen and oxygen atoms in total. The van der Waals surface area contributed by atoms with Gasteiger partial charge in [-0.15, -0.1) is 0 Å². The molecule has 1 rings (SSSR count). The van der Waals surface area contributed by atoms with Crippen molar-refractivity contribution in [1.82, 2.24) is 4.90 Å². The second-order valence-corrected chi connectivity index (χ2v) is 6.29. The highest BCUT2D eigenvalue weighted by atomic mass is 16.4. The highest BCUT2D eigenvalue weighted by Gasteiger charge is 2.55. The van der Waals surface area contributed by atoms with Gasteiger partial charge in [-0.1, -0.05) is 32.1 Å². The van der Waals surface area contributed by atoms with Gasteiger partial charge in [-0.2, -0.15) is 0 Å². The zero-order chi connectivity index (χ0) is 15.8. The van der Waals surface area contributed by atoms with E-state index in [1.165, 1.54) is 6.42 Å². The Balaban J connectivity index is 2.17. The number of unbranched alkanes of at least 4 members (excludes halogenated alkanes) is 6. The molecule has 6 heteroatoms. The van der Waals surface area contributed by atoms with Crippen molar-refractivity contribution in [2.75, 3.05) is 39.5 Å². The van der Waals surface area contributed by atoms with Gasteiger partial charge in [-0.05, 0) is 19.4 Å². The first-order valence-electron chi connectivity index (χ1n) is 8.01. The standard InChI is InChI=1S/C15H31NO5/c17-9-7-5-3-1-2-4-6-8-16-10-14(20,12-18)15(21,11-16)13-19/h17-21H,1-13H2. The number of hydrogen-bond acceptors (Lipinski definition) is 6. The summed E-state index contributed by atoms with van der Waals surface area (Å²) in [5.74, 6) is 0. The Morgan fingerprint density at radius 3 is 1.52 bits per heavy atom. The van der Waals surface area contributed by atoms with Crippen molar-refractivity contribution < 1.29 is 25.5 Å². The molecule has 1 saturated heterocycles. The van der Waals surface area contributed by atoms with Crippen LogP contribution < -0.4 is 0 Å². The summed E-state index contributed by atoms with van der Waals surface area (Å²) in [6.07, 6.45) is 7.49. The van der Waals surface area contributed by atoms with Gasteiger partial charge in [-0.25, -0.2) is 0 Å². The molecule has 1 aliphatic heterocycles. The molecule has 0 bridgehead atoms. The summed E-state index contributed by atoms with van der Waals surface area (Å²) in [5.41, 5.74) is -3.27. The molecule has 2 atom stereocenters. The molecular formula is C15H31NO5. The van der Waals surface area contributed by atoms with Gasteiger partial charge >= 0.3 is 0 Å². The molecule has 126 valence electrons. The van der Waals surface area contributed by atoms with Crippen molar-refractivity contribution >= 4 is 0 Å². The Hall–Kier alpha value is -0.240. The number of aliphatic hydroxyl groups is 5. The van der Waals surface area contributed by atoms with E-state index < -0.39 is 24.4 Å². The predicted molar refractivity (Wildman–Crippen MR) is 79.9 cm³/mol. The van der Waals surface area contributed by atoms with Crippen LogP contribution in [-0.4, -0.2) is 81.1 Å². The van der Waals surface area contributed by atoms with Gasteiger partial charge in [0.15, 0.2) is 0 Å². The maximum atomic E-state index is 10.2. The van der Waals surface area contributed by atoms with Crippen molar-refractivity contribution in [3.63, 3.8) is 0 Å². The number of hydrogen-bond donors (Lipinski definition) is 5. The lowest BCUT2D eigenvalue weighted by Crippen LogP contribution is -2.58. The highest BCUT2D eigenvalue weighted by molar-refractivity contribution is 5.08. The van der Waals surface area contributed by atoms with Crippen LogP contribution in [0.5, 0.6) is 0 Å². The molecule has 0 aromatic heterocycles. The molecule has 2 unspecified atom stereocenters. The van der Waals surface area contributed by atoms with Gasteiger partial charge < -0.3 is 25.5 Å². The first-order valence-corrected chi connectivity index (χ1v) is 8.01. The van der Waals surface area contributed by atoms with Crippen LogP contribution in [0.25, 0.3) is 0 Å². The van der Waals surface area contributed by atoms with Crippen LogP contribution >= 0.6 is 0 Å². The van der Waals surface area contributed by atoms with E-state index in [0.29, 0.717) is 0 Å². The first-order chi connectivity index (χ1) is 10.0. The second-order valence-electron chi connectivity index (χ2n) is 6.29. The maximum absolute atomic E-state index is 10.2. The molecule has 5 N–H and O–H groups in total. The minimum atomic E-state index is -1.63. The van der Waals surface area contributed by atoms with Crippen LogP contribution in [-0.2, 0) is 0 Å². The maximum Gasteiger partial charge on any atom is 0.132 e. The topological polar surface area (TPSA) is 104 Å². The lowest BCUT2D eigenvalue weighted by atomic mass is 9.87. The third-order valence-electron chi connectivity index (χ3n) is 4.49. The van der Waals surface area contributed by atoms with E-state index in [-0.39, 0.29) is 19.7 Å². The summed E-state index contributed by atoms with van der Waals surface area (Å²) in [7, 11) is 0. The van der Waals surface area contributed by atoms with E-state index in [4.69, 9.17) is 5.11 Å². The van der Waals surface area contributed by atoms with Crippen LogP contribution in [0.2, 0.25) is 0 Å². The average molecular weight is 305 g/mol. The summed E-state index contributed by atoms with van der Waals surface area (Å²) < 4.78 is 0. The Morgan fingerprint density at radius 1 is 0.667 bits per heavy atom.